The molecule has 0 bridgehead atoms. The summed E-state index contributed by atoms with van der Waals surface area (Å²) < 4.78 is 10.1. The summed E-state index contributed by atoms with van der Waals surface area (Å²) in [4.78, 5) is 10.9. The van der Waals surface area contributed by atoms with Gasteiger partial charge in [-0.05, 0) is 6.42 Å². The van der Waals surface area contributed by atoms with E-state index in [1.165, 1.54) is 14.2 Å². The van der Waals surface area contributed by atoms with Crippen molar-refractivity contribution >= 4 is 5.91 Å². The molecule has 0 aromatic heterocycles. The molecular formula is C7H13NO3. The van der Waals surface area contributed by atoms with Crippen molar-refractivity contribution < 1.29 is 14.3 Å². The van der Waals surface area contributed by atoms with E-state index >= 15 is 0 Å². The molecule has 0 unspecified atom stereocenters. The average molecular weight is 159 g/mol. The molecule has 4 nitrogen and oxygen atoms in total. The van der Waals surface area contributed by atoms with Gasteiger partial charge in [-0.3, -0.25) is 4.79 Å². The van der Waals surface area contributed by atoms with Gasteiger partial charge in [0.25, 0.3) is 5.91 Å². The molecule has 1 saturated heterocycles. The van der Waals surface area contributed by atoms with Crippen LogP contribution in [0.2, 0.25) is 0 Å². The first-order valence-corrected chi connectivity index (χ1v) is 3.64. The Balaban J connectivity index is 2.59. The Morgan fingerprint density at radius 1 is 1.45 bits per heavy atom. The number of rotatable bonds is 2. The first-order valence-electron chi connectivity index (χ1n) is 3.64. The van der Waals surface area contributed by atoms with E-state index in [1.54, 1.807) is 0 Å². The second-order valence-electron chi connectivity index (χ2n) is 2.56. The van der Waals surface area contributed by atoms with Gasteiger partial charge in [0.2, 0.25) is 5.91 Å². The summed E-state index contributed by atoms with van der Waals surface area (Å²) >= 11 is 0. The second kappa shape index (κ2) is 3.19. The number of carbonyl (C=O) groups excluding carboxylic acids is 1. The van der Waals surface area contributed by atoms with E-state index in [9.17, 15) is 4.79 Å². The molecule has 1 rings (SSSR count). The molecule has 0 radical (unpaired) electrons. The zero-order chi connectivity index (χ0) is 8.32. The van der Waals surface area contributed by atoms with Gasteiger partial charge in [0, 0.05) is 27.1 Å². The van der Waals surface area contributed by atoms with Gasteiger partial charge in [-0.1, -0.05) is 0 Å². The fraction of sp³-hybridized carbons (Fsp3) is 0.857. The van der Waals surface area contributed by atoms with Crippen LogP contribution in [-0.4, -0.2) is 26.0 Å². The van der Waals surface area contributed by atoms with E-state index in [0.29, 0.717) is 12.8 Å². The summed E-state index contributed by atoms with van der Waals surface area (Å²) in [6.07, 6.45) is 2.09. The molecule has 64 valence electrons. The fourth-order valence-corrected chi connectivity index (χ4v) is 1.21. The van der Waals surface area contributed by atoms with E-state index in [2.05, 4.69) is 5.32 Å². The van der Waals surface area contributed by atoms with E-state index in [0.717, 1.165) is 6.42 Å². The Hall–Kier alpha value is -0.610. The van der Waals surface area contributed by atoms with Crippen LogP contribution in [0.3, 0.4) is 0 Å². The van der Waals surface area contributed by atoms with Crippen molar-refractivity contribution in [2.45, 2.75) is 25.2 Å². The number of amides is 1. The van der Waals surface area contributed by atoms with Gasteiger partial charge >= 0.3 is 0 Å². The maximum Gasteiger partial charge on any atom is 0.250 e. The van der Waals surface area contributed by atoms with Gasteiger partial charge in [0.15, 0.2) is 0 Å². The van der Waals surface area contributed by atoms with Crippen molar-refractivity contribution in [3.63, 3.8) is 0 Å². The molecule has 11 heavy (non-hydrogen) atoms. The molecule has 0 aromatic carbocycles. The molecular weight excluding hydrogens is 146 g/mol. The third-order valence-electron chi connectivity index (χ3n) is 1.90. The number of carbonyl (C=O) groups is 1. The molecule has 1 fully saturated rings. The van der Waals surface area contributed by atoms with Gasteiger partial charge in [0.1, 0.15) is 0 Å². The lowest BCUT2D eigenvalue weighted by Gasteiger charge is -2.34. The first kappa shape index (κ1) is 8.49. The topological polar surface area (TPSA) is 47.6 Å². The monoisotopic (exact) mass is 159 g/mol. The summed E-state index contributed by atoms with van der Waals surface area (Å²) in [5.74, 6) is -0.880. The van der Waals surface area contributed by atoms with Crippen molar-refractivity contribution in [2.24, 2.45) is 0 Å². The fourth-order valence-electron chi connectivity index (χ4n) is 1.21. The maximum absolute atomic E-state index is 10.9. The highest BCUT2D eigenvalue weighted by Crippen LogP contribution is 2.20. The Bertz CT molecular complexity index is 154. The largest absolute Gasteiger partial charge is 0.336 e. The van der Waals surface area contributed by atoms with E-state index in [1.807, 2.05) is 0 Å². The van der Waals surface area contributed by atoms with Crippen LogP contribution in [0.1, 0.15) is 19.3 Å². The number of piperidine rings is 1. The lowest BCUT2D eigenvalue weighted by molar-refractivity contribution is -0.237. The van der Waals surface area contributed by atoms with Crippen LogP contribution in [0.5, 0.6) is 0 Å². The zero-order valence-electron chi connectivity index (χ0n) is 6.85. The smallest absolute Gasteiger partial charge is 0.250 e. The van der Waals surface area contributed by atoms with Crippen LogP contribution in [0.25, 0.3) is 0 Å². The summed E-state index contributed by atoms with van der Waals surface area (Å²) in [7, 11) is 3.05. The van der Waals surface area contributed by atoms with Crippen LogP contribution in [0.4, 0.5) is 0 Å². The molecule has 1 aliphatic heterocycles. The highest BCUT2D eigenvalue weighted by atomic mass is 16.7. The van der Waals surface area contributed by atoms with Crippen molar-refractivity contribution in [1.82, 2.24) is 5.32 Å². The van der Waals surface area contributed by atoms with Crippen molar-refractivity contribution in [2.75, 3.05) is 14.2 Å². The normalized spacial score (nSPS) is 22.9. The van der Waals surface area contributed by atoms with Gasteiger partial charge in [0.05, 0.1) is 0 Å². The molecule has 0 aliphatic carbocycles. The van der Waals surface area contributed by atoms with Crippen molar-refractivity contribution in [1.29, 1.82) is 0 Å². The lowest BCUT2D eigenvalue weighted by Crippen LogP contribution is -2.54. The third-order valence-corrected chi connectivity index (χ3v) is 1.90. The number of nitrogens with one attached hydrogen (secondary N) is 1. The van der Waals surface area contributed by atoms with E-state index in [-0.39, 0.29) is 5.91 Å². The van der Waals surface area contributed by atoms with Crippen LogP contribution in [-0.2, 0) is 14.3 Å². The molecule has 1 aliphatic rings. The van der Waals surface area contributed by atoms with Gasteiger partial charge < -0.3 is 14.8 Å². The maximum atomic E-state index is 10.9. The standard InChI is InChI=1S/C7H13NO3/c1-10-7(11-2)5-3-4-6(9)8-7/h3-5H2,1-2H3,(H,8,9). The summed E-state index contributed by atoms with van der Waals surface area (Å²) in [5.41, 5.74) is 0. The SMILES string of the molecule is COC1(OC)CCCC(=O)N1. The molecule has 1 heterocycles. The summed E-state index contributed by atoms with van der Waals surface area (Å²) in [6.45, 7) is 0. The lowest BCUT2D eigenvalue weighted by atomic mass is 10.1. The van der Waals surface area contributed by atoms with E-state index in [4.69, 9.17) is 9.47 Å². The van der Waals surface area contributed by atoms with Gasteiger partial charge in [-0.25, -0.2) is 0 Å². The van der Waals surface area contributed by atoms with E-state index < -0.39 is 5.91 Å². The minimum absolute atomic E-state index is 0.0139. The minimum Gasteiger partial charge on any atom is -0.336 e. The predicted octanol–water partition coefficient (Wildman–Crippen LogP) is 0.233. The van der Waals surface area contributed by atoms with Crippen molar-refractivity contribution in [3.8, 4) is 0 Å². The van der Waals surface area contributed by atoms with Crippen LogP contribution >= 0.6 is 0 Å². The highest BCUT2D eigenvalue weighted by molar-refractivity contribution is 5.77. The number of hydrogen-bond acceptors (Lipinski definition) is 3. The van der Waals surface area contributed by atoms with Crippen LogP contribution in [0, 0.1) is 0 Å². The Labute approximate surface area is 65.9 Å². The number of methoxy groups -OCH3 is 2. The molecule has 0 spiro atoms. The molecule has 0 saturated carbocycles. The molecule has 0 atom stereocenters. The third kappa shape index (κ3) is 1.70. The summed E-state index contributed by atoms with van der Waals surface area (Å²) in [6, 6.07) is 0. The first-order chi connectivity index (χ1) is 5.22. The molecule has 1 N–H and O–H groups in total. The molecule has 4 heteroatoms. The quantitative estimate of drug-likeness (QED) is 0.587. The number of hydrogen-bond donors (Lipinski definition) is 1. The van der Waals surface area contributed by atoms with Gasteiger partial charge in [-0.2, -0.15) is 0 Å². The Morgan fingerprint density at radius 2 is 2.09 bits per heavy atom. The van der Waals surface area contributed by atoms with Crippen LogP contribution in [0.15, 0.2) is 0 Å². The van der Waals surface area contributed by atoms with Gasteiger partial charge in [-0.15, -0.1) is 0 Å². The minimum atomic E-state index is -0.866. The number of ether oxygens (including phenoxy) is 2. The molecule has 1 amide bonds. The average Bonchev–Trinajstić information content (AvgIpc) is 2.04. The predicted molar refractivity (Wildman–Crippen MR) is 38.7 cm³/mol. The Morgan fingerprint density at radius 3 is 2.45 bits per heavy atom. The summed E-state index contributed by atoms with van der Waals surface area (Å²) in [5, 5.41) is 2.65. The Kier molecular flexibility index (Phi) is 2.46. The second-order valence-corrected chi connectivity index (χ2v) is 2.56. The molecule has 0 aromatic rings. The van der Waals surface area contributed by atoms with Crippen LogP contribution < -0.4 is 5.32 Å². The zero-order valence-corrected chi connectivity index (χ0v) is 6.85. The highest BCUT2D eigenvalue weighted by Gasteiger charge is 2.34. The van der Waals surface area contributed by atoms with Crippen molar-refractivity contribution in [3.05, 3.63) is 0 Å².